The maximum atomic E-state index is 13.2. The number of carboxylic acids is 1. The smallest absolute Gasteiger partial charge is 0.408 e. The lowest BCUT2D eigenvalue weighted by Crippen LogP contribution is -2.54. The zero-order valence-electron chi connectivity index (χ0n) is 26.5. The number of imidazole rings is 1. The summed E-state index contributed by atoms with van der Waals surface area (Å²) in [5.41, 5.74) is 5.47. The highest BCUT2D eigenvalue weighted by molar-refractivity contribution is 5.84. The zero-order valence-corrected chi connectivity index (χ0v) is 26.5. The number of carbonyl (C=O) groups is 2. The summed E-state index contributed by atoms with van der Waals surface area (Å²) in [5.74, 6) is -1.33. The first-order valence-corrected chi connectivity index (χ1v) is 16.0. The summed E-state index contributed by atoms with van der Waals surface area (Å²) in [4.78, 5) is 30.6. The number of carboxylic acid groups (broad SMARTS) is 1. The van der Waals surface area contributed by atoms with Gasteiger partial charge in [0.15, 0.2) is 0 Å². The highest BCUT2D eigenvalue weighted by Gasteiger charge is 2.41. The van der Waals surface area contributed by atoms with Crippen molar-refractivity contribution in [2.45, 2.75) is 30.3 Å². The van der Waals surface area contributed by atoms with E-state index in [4.69, 9.17) is 9.72 Å². The average molecular weight is 634 g/mol. The van der Waals surface area contributed by atoms with Crippen LogP contribution in [0.3, 0.4) is 0 Å². The maximum Gasteiger partial charge on any atom is 0.408 e. The van der Waals surface area contributed by atoms with Crippen molar-refractivity contribution < 1.29 is 19.4 Å². The number of carbonyl (C=O) groups excluding carboxylic acids is 1. The summed E-state index contributed by atoms with van der Waals surface area (Å²) >= 11 is 0. The van der Waals surface area contributed by atoms with Crippen LogP contribution in [0.2, 0.25) is 0 Å². The predicted octanol–water partition coefficient (Wildman–Crippen LogP) is 7.65. The molecule has 5 aromatic carbocycles. The van der Waals surface area contributed by atoms with Crippen LogP contribution in [-0.4, -0.2) is 38.9 Å². The van der Waals surface area contributed by atoms with Crippen LogP contribution in [0.25, 0.3) is 11.1 Å². The van der Waals surface area contributed by atoms with Crippen LogP contribution in [0, 0.1) is 0 Å². The lowest BCUT2D eigenvalue weighted by Gasteiger charge is -2.37. The second-order valence-corrected chi connectivity index (χ2v) is 12.3. The van der Waals surface area contributed by atoms with E-state index < -0.39 is 23.1 Å². The Morgan fingerprint density at radius 3 is 1.67 bits per heavy atom. The molecule has 1 aromatic heterocycles. The van der Waals surface area contributed by atoms with Crippen LogP contribution in [0.4, 0.5) is 4.79 Å². The average Bonchev–Trinajstić information content (AvgIpc) is 3.71. The molecule has 0 aliphatic heterocycles. The highest BCUT2D eigenvalue weighted by atomic mass is 16.5. The molecule has 2 N–H and O–H groups in total. The first kappa shape index (κ1) is 30.7. The number of ether oxygens (including phenoxy) is 1. The third-order valence-electron chi connectivity index (χ3n) is 9.33. The van der Waals surface area contributed by atoms with Gasteiger partial charge in [-0.25, -0.2) is 14.6 Å². The Morgan fingerprint density at radius 1 is 0.729 bits per heavy atom. The number of aliphatic carboxylic acids is 1. The quantitative estimate of drug-likeness (QED) is 0.151. The Bertz CT molecular complexity index is 1920. The number of nitrogens with zero attached hydrogens (tertiary/aromatic N) is 2. The van der Waals surface area contributed by atoms with Crippen LogP contribution in [0.1, 0.15) is 46.4 Å². The minimum atomic E-state index is -1.68. The largest absolute Gasteiger partial charge is 0.480 e. The highest BCUT2D eigenvalue weighted by Crippen LogP contribution is 2.45. The summed E-state index contributed by atoms with van der Waals surface area (Å²) in [6.07, 6.45) is 2.74. The molecule has 1 aliphatic rings. The topological polar surface area (TPSA) is 93.5 Å². The fraction of sp³-hybridized carbons (Fsp3) is 0.146. The van der Waals surface area contributed by atoms with E-state index in [0.29, 0.717) is 5.69 Å². The van der Waals surface area contributed by atoms with E-state index in [2.05, 4.69) is 53.8 Å². The number of hydrogen-bond acceptors (Lipinski definition) is 4. The Labute approximate surface area is 279 Å². The lowest BCUT2D eigenvalue weighted by atomic mass is 9.76. The predicted molar refractivity (Wildman–Crippen MR) is 185 cm³/mol. The van der Waals surface area contributed by atoms with Crippen molar-refractivity contribution in [1.82, 2.24) is 14.9 Å². The van der Waals surface area contributed by atoms with Gasteiger partial charge in [-0.05, 0) is 45.9 Å². The van der Waals surface area contributed by atoms with Crippen LogP contribution >= 0.6 is 0 Å². The molecule has 0 saturated carbocycles. The van der Waals surface area contributed by atoms with Gasteiger partial charge >= 0.3 is 12.1 Å². The van der Waals surface area contributed by atoms with Crippen molar-refractivity contribution in [3.63, 3.8) is 0 Å². The first-order valence-electron chi connectivity index (χ1n) is 16.0. The molecule has 1 atom stereocenters. The number of alkyl carbamates (subject to hydrolysis) is 1. The van der Waals surface area contributed by atoms with Gasteiger partial charge in [0.05, 0.1) is 12.0 Å². The molecule has 6 aromatic rings. The van der Waals surface area contributed by atoms with E-state index in [1.165, 1.54) is 6.92 Å². The second-order valence-electron chi connectivity index (χ2n) is 12.3. The van der Waals surface area contributed by atoms with Crippen molar-refractivity contribution in [2.24, 2.45) is 0 Å². The van der Waals surface area contributed by atoms with Crippen molar-refractivity contribution >= 4 is 12.1 Å². The fourth-order valence-electron chi connectivity index (χ4n) is 7.02. The molecule has 0 spiro atoms. The number of amides is 1. The van der Waals surface area contributed by atoms with Crippen molar-refractivity contribution in [3.8, 4) is 11.1 Å². The van der Waals surface area contributed by atoms with Gasteiger partial charge in [-0.3, -0.25) is 0 Å². The molecule has 238 valence electrons. The van der Waals surface area contributed by atoms with Gasteiger partial charge in [-0.1, -0.05) is 140 Å². The molecule has 0 radical (unpaired) electrons. The van der Waals surface area contributed by atoms with Gasteiger partial charge in [-0.2, -0.15) is 0 Å². The summed E-state index contributed by atoms with van der Waals surface area (Å²) in [7, 11) is 0. The Kier molecular flexibility index (Phi) is 8.11. The monoisotopic (exact) mass is 633 g/mol. The number of rotatable bonds is 10. The van der Waals surface area contributed by atoms with Gasteiger partial charge in [0.1, 0.15) is 17.7 Å². The maximum absolute atomic E-state index is 13.2. The number of nitrogens with one attached hydrogen (secondary N) is 1. The minimum absolute atomic E-state index is 0.0615. The number of hydrogen-bond donors (Lipinski definition) is 2. The van der Waals surface area contributed by atoms with Gasteiger partial charge in [0, 0.05) is 18.5 Å². The Morgan fingerprint density at radius 2 is 1.19 bits per heavy atom. The molecule has 7 rings (SSSR count). The Balaban J connectivity index is 1.17. The third kappa shape index (κ3) is 5.43. The third-order valence-corrected chi connectivity index (χ3v) is 9.33. The van der Waals surface area contributed by atoms with Crippen molar-refractivity contribution in [1.29, 1.82) is 0 Å². The van der Waals surface area contributed by atoms with E-state index in [0.717, 1.165) is 38.9 Å². The molecule has 7 nitrogen and oxygen atoms in total. The van der Waals surface area contributed by atoms with Crippen LogP contribution in [-0.2, 0) is 21.5 Å². The number of fused-ring (bicyclic) bond motifs is 3. The van der Waals surface area contributed by atoms with Gasteiger partial charge in [0.25, 0.3) is 0 Å². The first-order chi connectivity index (χ1) is 23.4. The van der Waals surface area contributed by atoms with E-state index in [9.17, 15) is 14.7 Å². The molecule has 0 unspecified atom stereocenters. The minimum Gasteiger partial charge on any atom is -0.480 e. The number of benzene rings is 5. The molecule has 1 amide bonds. The molecular formula is C41H35N3O4. The summed E-state index contributed by atoms with van der Waals surface area (Å²) < 4.78 is 7.74. The molecule has 7 heteroatoms. The summed E-state index contributed by atoms with van der Waals surface area (Å²) in [6.45, 7) is 1.56. The van der Waals surface area contributed by atoms with Gasteiger partial charge < -0.3 is 19.7 Å². The molecule has 0 fully saturated rings. The SMILES string of the molecule is C[C@@](Cc1cn(C(c2ccccc2)(c2ccccc2)c2ccccc2)cn1)(NC(=O)OCC1c2ccccc2-c2ccccc21)C(=O)O. The molecule has 1 aliphatic carbocycles. The molecule has 0 saturated heterocycles. The Hall–Kier alpha value is -5.95. The second kappa shape index (κ2) is 12.7. The van der Waals surface area contributed by atoms with Crippen LogP contribution in [0.15, 0.2) is 152 Å². The van der Waals surface area contributed by atoms with E-state index in [-0.39, 0.29) is 18.9 Å². The van der Waals surface area contributed by atoms with Crippen LogP contribution < -0.4 is 5.32 Å². The fourth-order valence-corrected chi connectivity index (χ4v) is 7.02. The summed E-state index contributed by atoms with van der Waals surface area (Å²) in [6, 6.07) is 46.6. The van der Waals surface area contributed by atoms with E-state index >= 15 is 0 Å². The molecule has 1 heterocycles. The number of aromatic nitrogens is 2. The standard InChI is InChI=1S/C41H35N3O4/c1-40(38(45)46,43-39(47)48-27-37-35-23-13-11-21-33(35)34-22-12-14-24-36(34)37)25-32-26-44(28-42-32)41(29-15-5-2-6-16-29,30-17-7-3-8-18-30)31-19-9-4-10-20-31/h2-24,26,28,37H,25,27H2,1H3,(H,43,47)(H,45,46)/t40-/m0/s1. The lowest BCUT2D eigenvalue weighted by molar-refractivity contribution is -0.143. The van der Waals surface area contributed by atoms with Gasteiger partial charge in [-0.15, -0.1) is 0 Å². The van der Waals surface area contributed by atoms with Crippen molar-refractivity contribution in [2.75, 3.05) is 6.61 Å². The molecule has 48 heavy (non-hydrogen) atoms. The molecule has 0 bridgehead atoms. The molecular weight excluding hydrogens is 598 g/mol. The van der Waals surface area contributed by atoms with Gasteiger partial charge in [0.2, 0.25) is 0 Å². The summed E-state index contributed by atoms with van der Waals surface area (Å²) in [5, 5.41) is 13.0. The normalized spacial score (nSPS) is 13.6. The van der Waals surface area contributed by atoms with E-state index in [1.54, 1.807) is 6.33 Å². The van der Waals surface area contributed by atoms with Crippen LogP contribution in [0.5, 0.6) is 0 Å². The van der Waals surface area contributed by atoms with E-state index in [1.807, 2.05) is 102 Å². The van der Waals surface area contributed by atoms with Crippen molar-refractivity contribution in [3.05, 3.63) is 186 Å². The zero-order chi connectivity index (χ0) is 33.1.